The van der Waals surface area contributed by atoms with Crippen LogP contribution < -0.4 is 11.3 Å². The average Bonchev–Trinajstić information content (AvgIpc) is 2.86. The van der Waals surface area contributed by atoms with E-state index < -0.39 is 0 Å². The fourth-order valence-corrected chi connectivity index (χ4v) is 2.27. The minimum atomic E-state index is 0.537. The van der Waals surface area contributed by atoms with Crippen LogP contribution in [0.3, 0.4) is 0 Å². The maximum atomic E-state index is 5.45. The summed E-state index contributed by atoms with van der Waals surface area (Å²) in [5.74, 6) is 6.59. The van der Waals surface area contributed by atoms with Crippen molar-refractivity contribution in [3.05, 3.63) is 30.0 Å². The number of aromatic nitrogens is 4. The molecule has 0 saturated carbocycles. The molecule has 3 aromatic heterocycles. The lowest BCUT2D eigenvalue weighted by Gasteiger charge is -2.04. The molecule has 7 heteroatoms. The smallest absolute Gasteiger partial charge is 0.181 e. The molecule has 3 rings (SSSR count). The molecule has 0 unspecified atom stereocenters. The molecule has 0 aliphatic heterocycles. The van der Waals surface area contributed by atoms with E-state index in [1.165, 1.54) is 17.7 Å². The van der Waals surface area contributed by atoms with E-state index in [2.05, 4.69) is 25.4 Å². The molecule has 0 aromatic carbocycles. The lowest BCUT2D eigenvalue weighted by atomic mass is 10.3. The van der Waals surface area contributed by atoms with E-state index in [1.807, 2.05) is 11.4 Å². The molecule has 3 aromatic rings. The normalized spacial score (nSPS) is 10.6. The first-order chi connectivity index (χ1) is 8.38. The molecule has 0 saturated heterocycles. The van der Waals surface area contributed by atoms with Crippen LogP contribution in [0.4, 0.5) is 5.82 Å². The van der Waals surface area contributed by atoms with Gasteiger partial charge in [0, 0.05) is 6.20 Å². The summed E-state index contributed by atoms with van der Waals surface area (Å²) in [6.07, 6.45) is 3.12. The number of rotatable bonds is 2. The highest BCUT2D eigenvalue weighted by Crippen LogP contribution is 2.26. The number of thiophene rings is 1. The third-order valence-electron chi connectivity index (χ3n) is 2.27. The van der Waals surface area contributed by atoms with Crippen molar-refractivity contribution in [2.24, 2.45) is 5.84 Å². The molecule has 84 valence electrons. The van der Waals surface area contributed by atoms with Gasteiger partial charge in [-0.3, -0.25) is 0 Å². The van der Waals surface area contributed by atoms with Gasteiger partial charge in [-0.25, -0.2) is 25.8 Å². The number of hydrazine groups is 1. The quantitative estimate of drug-likeness (QED) is 0.523. The number of hydrogen-bond donors (Lipinski definition) is 2. The van der Waals surface area contributed by atoms with Crippen LogP contribution in [0.1, 0.15) is 0 Å². The molecule has 3 N–H and O–H groups in total. The fraction of sp³-hybridized carbons (Fsp3) is 0. The number of anilines is 1. The highest BCUT2D eigenvalue weighted by Gasteiger charge is 2.09. The van der Waals surface area contributed by atoms with Crippen molar-refractivity contribution in [1.29, 1.82) is 0 Å². The maximum Gasteiger partial charge on any atom is 0.181 e. The predicted octanol–water partition coefficient (Wildman–Crippen LogP) is 1.43. The van der Waals surface area contributed by atoms with Crippen molar-refractivity contribution >= 4 is 27.4 Å². The predicted molar refractivity (Wildman–Crippen MR) is 66.3 cm³/mol. The Balaban J connectivity index is 2.24. The van der Waals surface area contributed by atoms with E-state index in [4.69, 9.17) is 5.84 Å². The SMILES string of the molecule is NNc1nc(-c2ccncn2)nc2sccc12. The summed E-state index contributed by atoms with van der Waals surface area (Å²) in [7, 11) is 0. The molecule has 17 heavy (non-hydrogen) atoms. The Morgan fingerprint density at radius 3 is 2.94 bits per heavy atom. The summed E-state index contributed by atoms with van der Waals surface area (Å²) in [5, 5.41) is 2.86. The summed E-state index contributed by atoms with van der Waals surface area (Å²) in [4.78, 5) is 17.6. The van der Waals surface area contributed by atoms with Crippen LogP contribution in [0.2, 0.25) is 0 Å². The molecule has 0 aliphatic carbocycles. The Kier molecular flexibility index (Phi) is 2.39. The van der Waals surface area contributed by atoms with Crippen molar-refractivity contribution in [1.82, 2.24) is 19.9 Å². The second-order valence-electron chi connectivity index (χ2n) is 3.27. The van der Waals surface area contributed by atoms with Crippen LogP contribution in [-0.4, -0.2) is 19.9 Å². The van der Waals surface area contributed by atoms with Crippen molar-refractivity contribution in [3.8, 4) is 11.5 Å². The van der Waals surface area contributed by atoms with Gasteiger partial charge in [-0.2, -0.15) is 0 Å². The summed E-state index contributed by atoms with van der Waals surface area (Å²) < 4.78 is 0. The monoisotopic (exact) mass is 244 g/mol. The Morgan fingerprint density at radius 1 is 1.24 bits per heavy atom. The van der Waals surface area contributed by atoms with Gasteiger partial charge in [-0.15, -0.1) is 11.3 Å². The zero-order valence-corrected chi connectivity index (χ0v) is 9.48. The lowest BCUT2D eigenvalue weighted by Crippen LogP contribution is -2.09. The van der Waals surface area contributed by atoms with E-state index in [0.717, 1.165) is 10.2 Å². The molecule has 6 nitrogen and oxygen atoms in total. The molecule has 0 aliphatic rings. The first-order valence-electron chi connectivity index (χ1n) is 4.87. The molecule has 0 radical (unpaired) electrons. The Labute approximate surface area is 101 Å². The summed E-state index contributed by atoms with van der Waals surface area (Å²) >= 11 is 1.54. The van der Waals surface area contributed by atoms with E-state index in [-0.39, 0.29) is 0 Å². The van der Waals surface area contributed by atoms with Crippen molar-refractivity contribution < 1.29 is 0 Å². The number of hydrogen-bond acceptors (Lipinski definition) is 7. The van der Waals surface area contributed by atoms with Crippen LogP contribution in [0.25, 0.3) is 21.7 Å². The Hall–Kier alpha value is -2.12. The number of nitrogens with zero attached hydrogens (tertiary/aromatic N) is 4. The molecule has 0 amide bonds. The van der Waals surface area contributed by atoms with Gasteiger partial charge in [0.2, 0.25) is 0 Å². The third-order valence-corrected chi connectivity index (χ3v) is 3.08. The van der Waals surface area contributed by atoms with Gasteiger partial charge in [-0.1, -0.05) is 0 Å². The zero-order chi connectivity index (χ0) is 11.7. The van der Waals surface area contributed by atoms with Gasteiger partial charge in [0.05, 0.1) is 5.39 Å². The highest BCUT2D eigenvalue weighted by atomic mass is 32.1. The highest BCUT2D eigenvalue weighted by molar-refractivity contribution is 7.16. The molecule has 0 spiro atoms. The molecular formula is C10H8N6S. The average molecular weight is 244 g/mol. The number of nitrogens with two attached hydrogens (primary N) is 1. The van der Waals surface area contributed by atoms with Gasteiger partial charge in [0.25, 0.3) is 0 Å². The molecule has 0 bridgehead atoms. The first-order valence-corrected chi connectivity index (χ1v) is 5.74. The molecule has 3 heterocycles. The summed E-state index contributed by atoms with van der Waals surface area (Å²) in [5.41, 5.74) is 3.25. The van der Waals surface area contributed by atoms with Crippen LogP contribution in [0, 0.1) is 0 Å². The number of nitrogen functional groups attached to an aromatic ring is 1. The third kappa shape index (κ3) is 1.71. The number of fused-ring (bicyclic) bond motifs is 1. The van der Waals surface area contributed by atoms with Gasteiger partial charge in [-0.05, 0) is 17.5 Å². The summed E-state index contributed by atoms with van der Waals surface area (Å²) in [6, 6.07) is 3.69. The van der Waals surface area contributed by atoms with Crippen molar-refractivity contribution in [2.45, 2.75) is 0 Å². The second kappa shape index (κ2) is 4.04. The minimum Gasteiger partial charge on any atom is -0.308 e. The van der Waals surface area contributed by atoms with Crippen molar-refractivity contribution in [3.63, 3.8) is 0 Å². The van der Waals surface area contributed by atoms with Crippen LogP contribution in [0.15, 0.2) is 30.0 Å². The largest absolute Gasteiger partial charge is 0.308 e. The van der Waals surface area contributed by atoms with Gasteiger partial charge >= 0.3 is 0 Å². The topological polar surface area (TPSA) is 89.6 Å². The van der Waals surface area contributed by atoms with Crippen molar-refractivity contribution in [2.75, 3.05) is 5.43 Å². The first kappa shape index (κ1) is 10.1. The van der Waals surface area contributed by atoms with E-state index in [9.17, 15) is 0 Å². The van der Waals surface area contributed by atoms with Crippen LogP contribution in [0.5, 0.6) is 0 Å². The van der Waals surface area contributed by atoms with Crippen LogP contribution in [-0.2, 0) is 0 Å². The molecule has 0 fully saturated rings. The standard InChI is InChI=1S/C10H8N6S/c11-16-8-6-2-4-17-10(6)15-9(14-8)7-1-3-12-5-13-7/h1-5H,11H2,(H,14,15,16). The van der Waals surface area contributed by atoms with E-state index in [1.54, 1.807) is 12.3 Å². The number of nitrogens with one attached hydrogen (secondary N) is 1. The zero-order valence-electron chi connectivity index (χ0n) is 8.66. The fourth-order valence-electron chi connectivity index (χ4n) is 1.50. The van der Waals surface area contributed by atoms with Gasteiger partial charge in [0.1, 0.15) is 16.9 Å². The minimum absolute atomic E-state index is 0.537. The van der Waals surface area contributed by atoms with Gasteiger partial charge < -0.3 is 5.43 Å². The van der Waals surface area contributed by atoms with Gasteiger partial charge in [0.15, 0.2) is 11.6 Å². The Bertz CT molecular complexity index is 650. The lowest BCUT2D eigenvalue weighted by molar-refractivity contribution is 1.12. The maximum absolute atomic E-state index is 5.45. The Morgan fingerprint density at radius 2 is 2.18 bits per heavy atom. The van der Waals surface area contributed by atoms with Crippen LogP contribution >= 0.6 is 11.3 Å². The molecular weight excluding hydrogens is 236 g/mol. The summed E-state index contributed by atoms with van der Waals surface area (Å²) in [6.45, 7) is 0. The van der Waals surface area contributed by atoms with E-state index in [0.29, 0.717) is 17.3 Å². The second-order valence-corrected chi connectivity index (χ2v) is 4.17. The van der Waals surface area contributed by atoms with E-state index >= 15 is 0 Å². The molecule has 0 atom stereocenters.